The Morgan fingerprint density at radius 1 is 1.80 bits per heavy atom. The summed E-state index contributed by atoms with van der Waals surface area (Å²) >= 11 is 0. The van der Waals surface area contributed by atoms with Gasteiger partial charge in [-0.2, -0.15) is 0 Å². The minimum atomic E-state index is -0.509. The van der Waals surface area contributed by atoms with Crippen molar-refractivity contribution < 1.29 is 19.4 Å². The summed E-state index contributed by atoms with van der Waals surface area (Å²) in [7, 11) is 0. The van der Waals surface area contributed by atoms with Gasteiger partial charge < -0.3 is 14.6 Å². The fraction of sp³-hybridized carbons (Fsp3) is 0.833. The zero-order chi connectivity index (χ0) is 7.56. The minimum Gasteiger partial charge on any atom is -0.464 e. The van der Waals surface area contributed by atoms with Crippen LogP contribution in [0.15, 0.2) is 0 Å². The van der Waals surface area contributed by atoms with Crippen molar-refractivity contribution in [3.05, 3.63) is 0 Å². The maximum Gasteiger partial charge on any atom is 0.338 e. The summed E-state index contributed by atoms with van der Waals surface area (Å²) in [6, 6.07) is 0. The van der Waals surface area contributed by atoms with E-state index in [4.69, 9.17) is 9.84 Å². The highest BCUT2D eigenvalue weighted by molar-refractivity contribution is 5.77. The van der Waals surface area contributed by atoms with Crippen LogP contribution in [0.5, 0.6) is 0 Å². The Hall–Kier alpha value is -0.610. The monoisotopic (exact) mass is 146 g/mol. The van der Waals surface area contributed by atoms with Crippen LogP contribution in [-0.4, -0.2) is 36.5 Å². The molecule has 0 spiro atoms. The lowest BCUT2D eigenvalue weighted by Gasteiger charge is -1.94. The Balaban J connectivity index is 2.19. The molecule has 1 heterocycles. The number of epoxide rings is 1. The van der Waals surface area contributed by atoms with Gasteiger partial charge >= 0.3 is 5.97 Å². The molecule has 1 saturated heterocycles. The van der Waals surface area contributed by atoms with Gasteiger partial charge in [-0.25, -0.2) is 4.79 Å². The molecule has 0 aromatic carbocycles. The normalized spacial score (nSPS) is 29.8. The first-order valence-electron chi connectivity index (χ1n) is 3.22. The predicted molar refractivity (Wildman–Crippen MR) is 32.4 cm³/mol. The molecular formula is C6H10O4. The van der Waals surface area contributed by atoms with E-state index in [-0.39, 0.29) is 18.7 Å². The van der Waals surface area contributed by atoms with Crippen LogP contribution in [0.25, 0.3) is 0 Å². The molecular weight excluding hydrogens is 136 g/mol. The minimum absolute atomic E-state index is 0.108. The van der Waals surface area contributed by atoms with Gasteiger partial charge in [0, 0.05) is 0 Å². The average molecular weight is 146 g/mol. The van der Waals surface area contributed by atoms with Crippen LogP contribution in [-0.2, 0) is 14.3 Å². The van der Waals surface area contributed by atoms with Gasteiger partial charge in [-0.05, 0) is 6.92 Å². The van der Waals surface area contributed by atoms with Gasteiger partial charge in [0.1, 0.15) is 6.10 Å². The highest BCUT2D eigenvalue weighted by Gasteiger charge is 2.45. The number of ether oxygens (including phenoxy) is 2. The molecule has 1 fully saturated rings. The number of esters is 1. The first-order valence-corrected chi connectivity index (χ1v) is 3.22. The van der Waals surface area contributed by atoms with Crippen LogP contribution in [0.3, 0.4) is 0 Å². The van der Waals surface area contributed by atoms with Gasteiger partial charge in [-0.3, -0.25) is 0 Å². The van der Waals surface area contributed by atoms with E-state index in [2.05, 4.69) is 4.74 Å². The molecule has 0 radical (unpaired) electrons. The lowest BCUT2D eigenvalue weighted by molar-refractivity contribution is -0.144. The van der Waals surface area contributed by atoms with Gasteiger partial charge in [0.2, 0.25) is 0 Å². The lowest BCUT2D eigenvalue weighted by Crippen LogP contribution is -2.14. The zero-order valence-electron chi connectivity index (χ0n) is 5.74. The molecule has 0 saturated carbocycles. The summed E-state index contributed by atoms with van der Waals surface area (Å²) in [4.78, 5) is 10.7. The zero-order valence-corrected chi connectivity index (χ0v) is 5.74. The third-order valence-electron chi connectivity index (χ3n) is 1.28. The van der Waals surface area contributed by atoms with Crippen LogP contribution >= 0.6 is 0 Å². The standard InChI is InChI=1S/C6H10O4/c1-2-9-6(8)5-4(3-7)10-5/h4-5,7H,2-3H2,1H3/t4-,5+/m1/s1. The lowest BCUT2D eigenvalue weighted by atomic mass is 10.3. The Bertz CT molecular complexity index is 134. The maximum atomic E-state index is 10.7. The largest absolute Gasteiger partial charge is 0.464 e. The Labute approximate surface area is 58.7 Å². The second-order valence-electron chi connectivity index (χ2n) is 2.03. The summed E-state index contributed by atoms with van der Waals surface area (Å²) in [5, 5.41) is 8.46. The third kappa shape index (κ3) is 1.46. The van der Waals surface area contributed by atoms with Gasteiger partial charge in [-0.15, -0.1) is 0 Å². The molecule has 1 rings (SSSR count). The van der Waals surface area contributed by atoms with E-state index in [0.29, 0.717) is 6.61 Å². The van der Waals surface area contributed by atoms with Crippen molar-refractivity contribution in [3.63, 3.8) is 0 Å². The van der Waals surface area contributed by atoms with E-state index in [0.717, 1.165) is 0 Å². The number of carbonyl (C=O) groups excluding carboxylic acids is 1. The van der Waals surface area contributed by atoms with E-state index >= 15 is 0 Å². The summed E-state index contributed by atoms with van der Waals surface area (Å²) in [6.07, 6.45) is -0.830. The number of rotatable bonds is 3. The smallest absolute Gasteiger partial charge is 0.338 e. The van der Waals surface area contributed by atoms with Crippen molar-refractivity contribution in [2.45, 2.75) is 19.1 Å². The molecule has 4 nitrogen and oxygen atoms in total. The number of hydrogen-bond donors (Lipinski definition) is 1. The molecule has 0 unspecified atom stereocenters. The van der Waals surface area contributed by atoms with Gasteiger partial charge in [-0.1, -0.05) is 0 Å². The number of aliphatic hydroxyl groups is 1. The molecule has 1 aliphatic heterocycles. The SMILES string of the molecule is CCOC(=O)[C@H]1O[C@@H]1CO. The molecule has 1 N–H and O–H groups in total. The van der Waals surface area contributed by atoms with Gasteiger partial charge in [0.05, 0.1) is 13.2 Å². The van der Waals surface area contributed by atoms with Crippen molar-refractivity contribution in [1.82, 2.24) is 0 Å². The second kappa shape index (κ2) is 2.98. The predicted octanol–water partition coefficient (Wildman–Crippen LogP) is -0.691. The summed E-state index contributed by atoms with van der Waals surface area (Å²) < 4.78 is 9.38. The number of hydrogen-bond acceptors (Lipinski definition) is 4. The van der Waals surface area contributed by atoms with Crippen molar-refractivity contribution in [2.75, 3.05) is 13.2 Å². The van der Waals surface area contributed by atoms with Crippen LogP contribution in [0.4, 0.5) is 0 Å². The molecule has 58 valence electrons. The van der Waals surface area contributed by atoms with Crippen LogP contribution in [0.1, 0.15) is 6.92 Å². The topological polar surface area (TPSA) is 59.1 Å². The fourth-order valence-electron chi connectivity index (χ4n) is 0.713. The van der Waals surface area contributed by atoms with E-state index in [1.165, 1.54) is 0 Å². The first kappa shape index (κ1) is 7.50. The molecule has 2 atom stereocenters. The molecule has 4 heteroatoms. The van der Waals surface area contributed by atoms with Crippen LogP contribution in [0.2, 0.25) is 0 Å². The molecule has 0 aliphatic carbocycles. The molecule has 0 aromatic heterocycles. The Morgan fingerprint density at radius 2 is 2.50 bits per heavy atom. The second-order valence-corrected chi connectivity index (χ2v) is 2.03. The first-order chi connectivity index (χ1) is 4.79. The molecule has 0 amide bonds. The van der Waals surface area contributed by atoms with Crippen molar-refractivity contribution in [1.29, 1.82) is 0 Å². The molecule has 0 bridgehead atoms. The van der Waals surface area contributed by atoms with Crippen molar-refractivity contribution in [3.8, 4) is 0 Å². The van der Waals surface area contributed by atoms with Gasteiger partial charge in [0.25, 0.3) is 0 Å². The van der Waals surface area contributed by atoms with Crippen molar-refractivity contribution >= 4 is 5.97 Å². The quantitative estimate of drug-likeness (QED) is 0.423. The Kier molecular flexibility index (Phi) is 2.24. The summed E-state index contributed by atoms with van der Waals surface area (Å²) in [6.45, 7) is 1.98. The van der Waals surface area contributed by atoms with Gasteiger partial charge in [0.15, 0.2) is 6.10 Å². The summed E-state index contributed by atoms with van der Waals surface area (Å²) in [5.41, 5.74) is 0. The molecule has 1 aliphatic rings. The number of aliphatic hydroxyl groups excluding tert-OH is 1. The van der Waals surface area contributed by atoms with Crippen LogP contribution < -0.4 is 0 Å². The third-order valence-corrected chi connectivity index (χ3v) is 1.28. The number of carbonyl (C=O) groups is 1. The highest BCUT2D eigenvalue weighted by Crippen LogP contribution is 2.22. The van der Waals surface area contributed by atoms with E-state index < -0.39 is 6.10 Å². The highest BCUT2D eigenvalue weighted by atomic mass is 16.6. The fourth-order valence-corrected chi connectivity index (χ4v) is 0.713. The maximum absolute atomic E-state index is 10.7. The summed E-state index contributed by atoms with van der Waals surface area (Å²) in [5.74, 6) is -0.374. The average Bonchev–Trinajstić information content (AvgIpc) is 2.66. The van der Waals surface area contributed by atoms with E-state index in [9.17, 15) is 4.79 Å². The van der Waals surface area contributed by atoms with Crippen molar-refractivity contribution in [2.24, 2.45) is 0 Å². The van der Waals surface area contributed by atoms with E-state index in [1.807, 2.05) is 0 Å². The Morgan fingerprint density at radius 3 is 2.90 bits per heavy atom. The van der Waals surface area contributed by atoms with Crippen LogP contribution in [0, 0.1) is 0 Å². The molecule has 0 aromatic rings. The van der Waals surface area contributed by atoms with E-state index in [1.54, 1.807) is 6.92 Å². The molecule has 10 heavy (non-hydrogen) atoms.